The van der Waals surface area contributed by atoms with Crippen LogP contribution in [-0.2, 0) is 6.18 Å². The van der Waals surface area contributed by atoms with Crippen molar-refractivity contribution in [1.82, 2.24) is 4.90 Å². The van der Waals surface area contributed by atoms with Crippen LogP contribution < -0.4 is 4.90 Å². The molecule has 0 saturated carbocycles. The van der Waals surface area contributed by atoms with Crippen molar-refractivity contribution in [3.8, 4) is 0 Å². The van der Waals surface area contributed by atoms with Crippen LogP contribution in [0.5, 0.6) is 0 Å². The number of piperazine rings is 1. The summed E-state index contributed by atoms with van der Waals surface area (Å²) in [5, 5.41) is 0. The fraction of sp³-hybridized carbons (Fsp3) is 0.417. The second-order valence-corrected chi connectivity index (χ2v) is 4.15. The molecule has 0 aromatic heterocycles. The summed E-state index contributed by atoms with van der Waals surface area (Å²) in [5.74, 6) is 0. The topological polar surface area (TPSA) is 6.48 Å². The average molecular weight is 243 g/mol. The molecule has 0 aliphatic carbocycles. The summed E-state index contributed by atoms with van der Waals surface area (Å²) in [4.78, 5) is 3.88. The smallest absolute Gasteiger partial charge is 0.369 e. The lowest BCUT2D eigenvalue weighted by atomic mass is 10.1. The lowest BCUT2D eigenvalue weighted by molar-refractivity contribution is -0.137. The Kier molecular flexibility index (Phi) is 3.28. The Hall–Kier alpha value is -1.23. The van der Waals surface area contributed by atoms with Gasteiger partial charge < -0.3 is 4.90 Å². The minimum atomic E-state index is -4.27. The van der Waals surface area contributed by atoms with E-state index in [9.17, 15) is 13.2 Å². The van der Waals surface area contributed by atoms with Crippen LogP contribution in [0, 0.1) is 7.05 Å². The van der Waals surface area contributed by atoms with Gasteiger partial charge in [0, 0.05) is 38.9 Å². The number of benzene rings is 1. The van der Waals surface area contributed by atoms with Crippen LogP contribution in [0.15, 0.2) is 24.3 Å². The Morgan fingerprint density at radius 1 is 1.06 bits per heavy atom. The molecule has 0 amide bonds. The third-order valence-electron chi connectivity index (χ3n) is 2.91. The summed E-state index contributed by atoms with van der Waals surface area (Å²) in [5.41, 5.74) is 0.0416. The Morgan fingerprint density at radius 2 is 1.71 bits per heavy atom. The van der Waals surface area contributed by atoms with Crippen molar-refractivity contribution in [2.45, 2.75) is 6.18 Å². The fourth-order valence-electron chi connectivity index (χ4n) is 1.89. The van der Waals surface area contributed by atoms with Crippen molar-refractivity contribution in [3.05, 3.63) is 36.9 Å². The summed E-state index contributed by atoms with van der Waals surface area (Å²) < 4.78 is 37.7. The van der Waals surface area contributed by atoms with E-state index in [-0.39, 0.29) is 0 Å². The molecule has 2 nitrogen and oxygen atoms in total. The van der Waals surface area contributed by atoms with Gasteiger partial charge >= 0.3 is 6.18 Å². The molecule has 93 valence electrons. The summed E-state index contributed by atoms with van der Waals surface area (Å²) >= 11 is 0. The molecule has 0 bridgehead atoms. The zero-order valence-electron chi connectivity index (χ0n) is 9.37. The van der Waals surface area contributed by atoms with E-state index in [1.165, 1.54) is 12.1 Å². The van der Waals surface area contributed by atoms with Gasteiger partial charge in [-0.2, -0.15) is 13.2 Å². The number of rotatable bonds is 1. The van der Waals surface area contributed by atoms with Crippen molar-refractivity contribution in [2.75, 3.05) is 31.1 Å². The Morgan fingerprint density at radius 3 is 2.29 bits per heavy atom. The van der Waals surface area contributed by atoms with E-state index in [4.69, 9.17) is 0 Å². The van der Waals surface area contributed by atoms with Crippen LogP contribution >= 0.6 is 0 Å². The molecule has 1 fully saturated rings. The van der Waals surface area contributed by atoms with Gasteiger partial charge in [-0.3, -0.25) is 4.90 Å². The van der Waals surface area contributed by atoms with Crippen LogP contribution in [0.4, 0.5) is 18.9 Å². The van der Waals surface area contributed by atoms with Crippen LogP contribution in [0.3, 0.4) is 0 Å². The number of hydrogen-bond donors (Lipinski definition) is 0. The van der Waals surface area contributed by atoms with Gasteiger partial charge in [0.1, 0.15) is 0 Å². The van der Waals surface area contributed by atoms with E-state index in [1.54, 1.807) is 6.07 Å². The molecule has 17 heavy (non-hydrogen) atoms. The second kappa shape index (κ2) is 4.56. The monoisotopic (exact) mass is 243 g/mol. The first kappa shape index (κ1) is 12.2. The molecule has 1 aliphatic rings. The van der Waals surface area contributed by atoms with E-state index in [0.29, 0.717) is 18.8 Å². The summed E-state index contributed by atoms with van der Waals surface area (Å²) in [6, 6.07) is 5.47. The number of hydrogen-bond acceptors (Lipinski definition) is 2. The largest absolute Gasteiger partial charge is 0.416 e. The standard InChI is InChI=1S/C12H14F3N2/c1-16-5-7-17(8-6-16)11-4-2-3-10(9-11)12(13,14)15/h2-4,9H,1,5-8H2. The maximum absolute atomic E-state index is 12.6. The molecule has 0 spiro atoms. The highest BCUT2D eigenvalue weighted by Gasteiger charge is 2.30. The highest BCUT2D eigenvalue weighted by atomic mass is 19.4. The highest BCUT2D eigenvalue weighted by molar-refractivity contribution is 5.49. The number of nitrogens with zero attached hydrogens (tertiary/aromatic N) is 2. The van der Waals surface area contributed by atoms with Gasteiger partial charge in [-0.05, 0) is 18.2 Å². The molecule has 1 aliphatic heterocycles. The third-order valence-corrected chi connectivity index (χ3v) is 2.91. The zero-order chi connectivity index (χ0) is 12.5. The van der Waals surface area contributed by atoms with Crippen LogP contribution in [-0.4, -0.2) is 31.1 Å². The number of anilines is 1. The predicted octanol–water partition coefficient (Wildman–Crippen LogP) is 2.62. The summed E-state index contributed by atoms with van der Waals surface area (Å²) in [7, 11) is 3.81. The van der Waals surface area contributed by atoms with Crippen LogP contribution in [0.1, 0.15) is 5.56 Å². The van der Waals surface area contributed by atoms with Crippen molar-refractivity contribution >= 4 is 5.69 Å². The molecule has 0 N–H and O–H groups in total. The lowest BCUT2D eigenvalue weighted by Crippen LogP contribution is -2.43. The fourth-order valence-corrected chi connectivity index (χ4v) is 1.89. The minimum absolute atomic E-state index is 0.591. The molecule has 0 atom stereocenters. The van der Waals surface area contributed by atoms with Crippen molar-refractivity contribution in [3.63, 3.8) is 0 Å². The SMILES string of the molecule is [CH2]N1CCN(c2cccc(C(F)(F)F)c2)CC1. The quantitative estimate of drug-likeness (QED) is 0.748. The maximum Gasteiger partial charge on any atom is 0.416 e. The van der Waals surface area contributed by atoms with Crippen molar-refractivity contribution < 1.29 is 13.2 Å². The van der Waals surface area contributed by atoms with E-state index >= 15 is 0 Å². The molecular weight excluding hydrogens is 229 g/mol. The maximum atomic E-state index is 12.6. The van der Waals surface area contributed by atoms with E-state index in [2.05, 4.69) is 7.05 Å². The molecule has 1 aromatic carbocycles. The van der Waals surface area contributed by atoms with E-state index < -0.39 is 11.7 Å². The molecule has 2 rings (SSSR count). The average Bonchev–Trinajstić information content (AvgIpc) is 2.29. The number of halogens is 3. The summed E-state index contributed by atoms with van der Waals surface area (Å²) in [6.45, 7) is 2.97. The minimum Gasteiger partial charge on any atom is -0.369 e. The second-order valence-electron chi connectivity index (χ2n) is 4.15. The normalized spacial score (nSPS) is 18.5. The molecule has 0 unspecified atom stereocenters. The van der Waals surface area contributed by atoms with Gasteiger partial charge in [0.05, 0.1) is 5.56 Å². The molecule has 1 heterocycles. The molecular formula is C12H14F3N2. The zero-order valence-corrected chi connectivity index (χ0v) is 9.37. The van der Waals surface area contributed by atoms with E-state index in [1.807, 2.05) is 9.80 Å². The Labute approximate surface area is 98.6 Å². The van der Waals surface area contributed by atoms with Crippen molar-refractivity contribution in [2.24, 2.45) is 0 Å². The van der Waals surface area contributed by atoms with Gasteiger partial charge in [0.25, 0.3) is 0 Å². The molecule has 5 heteroatoms. The first-order valence-electron chi connectivity index (χ1n) is 5.44. The number of alkyl halides is 3. The van der Waals surface area contributed by atoms with Gasteiger partial charge in [0.15, 0.2) is 0 Å². The van der Waals surface area contributed by atoms with Gasteiger partial charge in [-0.15, -0.1) is 0 Å². The highest BCUT2D eigenvalue weighted by Crippen LogP contribution is 2.31. The first-order valence-corrected chi connectivity index (χ1v) is 5.44. The van der Waals surface area contributed by atoms with Crippen LogP contribution in [0.2, 0.25) is 0 Å². The van der Waals surface area contributed by atoms with Crippen LogP contribution in [0.25, 0.3) is 0 Å². The summed E-state index contributed by atoms with van der Waals surface area (Å²) in [6.07, 6.45) is -4.27. The van der Waals surface area contributed by atoms with Crippen molar-refractivity contribution in [1.29, 1.82) is 0 Å². The molecule has 1 saturated heterocycles. The van der Waals surface area contributed by atoms with Gasteiger partial charge in [-0.1, -0.05) is 6.07 Å². The van der Waals surface area contributed by atoms with Gasteiger partial charge in [0.2, 0.25) is 0 Å². The van der Waals surface area contributed by atoms with E-state index in [0.717, 1.165) is 19.2 Å². The third kappa shape index (κ3) is 2.91. The Balaban J connectivity index is 2.16. The lowest BCUT2D eigenvalue weighted by Gasteiger charge is -2.34. The van der Waals surface area contributed by atoms with Gasteiger partial charge in [-0.25, -0.2) is 0 Å². The predicted molar refractivity (Wildman–Crippen MR) is 60.6 cm³/mol. The molecule has 1 radical (unpaired) electrons. The molecule has 1 aromatic rings. The Bertz CT molecular complexity index is 382. The first-order chi connectivity index (χ1) is 7.97.